The second-order valence-electron chi connectivity index (χ2n) is 7.14. The van der Waals surface area contributed by atoms with Gasteiger partial charge >= 0.3 is 0 Å². The summed E-state index contributed by atoms with van der Waals surface area (Å²) in [6.07, 6.45) is 6.24. The van der Waals surface area contributed by atoms with Crippen LogP contribution in [0.1, 0.15) is 31.4 Å². The molecule has 0 spiro atoms. The SMILES string of the molecule is O[C@H]1CC[C@@H](Cc2cc(-c3ccccn3)on2)O[C@@H]1CNCC1CC1. The highest BCUT2D eigenvalue weighted by atomic mass is 16.5. The highest BCUT2D eigenvalue weighted by Gasteiger charge is 2.31. The number of hydrogen-bond acceptors (Lipinski definition) is 6. The average Bonchev–Trinajstić information content (AvgIpc) is 3.35. The van der Waals surface area contributed by atoms with E-state index in [0.717, 1.165) is 36.7 Å². The quantitative estimate of drug-likeness (QED) is 0.802. The molecular formula is C19H25N3O3. The van der Waals surface area contributed by atoms with E-state index < -0.39 is 0 Å². The van der Waals surface area contributed by atoms with Gasteiger partial charge in [-0.05, 0) is 50.3 Å². The topological polar surface area (TPSA) is 80.4 Å². The van der Waals surface area contributed by atoms with Crippen LogP contribution in [-0.2, 0) is 11.2 Å². The zero-order valence-electron chi connectivity index (χ0n) is 14.3. The molecule has 0 aromatic carbocycles. The molecule has 3 atom stereocenters. The Morgan fingerprint density at radius 2 is 2.08 bits per heavy atom. The number of aliphatic hydroxyl groups is 1. The second-order valence-corrected chi connectivity index (χ2v) is 7.14. The third kappa shape index (κ3) is 4.45. The van der Waals surface area contributed by atoms with Crippen LogP contribution in [0, 0.1) is 5.92 Å². The zero-order valence-corrected chi connectivity index (χ0v) is 14.3. The van der Waals surface area contributed by atoms with Crippen LogP contribution < -0.4 is 5.32 Å². The number of ether oxygens (including phenoxy) is 1. The molecule has 0 amide bonds. The van der Waals surface area contributed by atoms with E-state index in [1.54, 1.807) is 6.20 Å². The number of nitrogens with zero attached hydrogens (tertiary/aromatic N) is 2. The molecule has 6 nitrogen and oxygen atoms in total. The van der Waals surface area contributed by atoms with Crippen LogP contribution in [0.4, 0.5) is 0 Å². The molecular weight excluding hydrogens is 318 g/mol. The molecule has 134 valence electrons. The van der Waals surface area contributed by atoms with Crippen LogP contribution in [0.15, 0.2) is 35.0 Å². The fraction of sp³-hybridized carbons (Fsp3) is 0.579. The molecule has 2 aromatic heterocycles. The first-order valence-electron chi connectivity index (χ1n) is 9.19. The lowest BCUT2D eigenvalue weighted by atomic mass is 9.98. The Morgan fingerprint density at radius 1 is 1.16 bits per heavy atom. The fourth-order valence-corrected chi connectivity index (χ4v) is 3.30. The van der Waals surface area contributed by atoms with Crippen LogP contribution in [0.5, 0.6) is 0 Å². The first-order chi connectivity index (χ1) is 12.3. The normalized spacial score (nSPS) is 26.7. The van der Waals surface area contributed by atoms with E-state index in [1.165, 1.54) is 12.8 Å². The second kappa shape index (κ2) is 7.64. The van der Waals surface area contributed by atoms with E-state index in [2.05, 4.69) is 15.5 Å². The molecule has 1 saturated carbocycles. The van der Waals surface area contributed by atoms with E-state index in [4.69, 9.17) is 9.26 Å². The molecule has 6 heteroatoms. The minimum Gasteiger partial charge on any atom is -0.390 e. The zero-order chi connectivity index (χ0) is 17.1. The van der Waals surface area contributed by atoms with Crippen molar-refractivity contribution in [1.29, 1.82) is 0 Å². The largest absolute Gasteiger partial charge is 0.390 e. The molecule has 3 heterocycles. The monoisotopic (exact) mass is 343 g/mol. The molecule has 0 radical (unpaired) electrons. The average molecular weight is 343 g/mol. The van der Waals surface area contributed by atoms with Gasteiger partial charge in [-0.3, -0.25) is 4.98 Å². The summed E-state index contributed by atoms with van der Waals surface area (Å²) in [5, 5.41) is 17.8. The molecule has 2 aliphatic rings. The van der Waals surface area contributed by atoms with Crippen LogP contribution in [0.3, 0.4) is 0 Å². The Bertz CT molecular complexity index is 672. The number of pyridine rings is 1. The van der Waals surface area contributed by atoms with Gasteiger partial charge in [0.05, 0.1) is 24.0 Å². The molecule has 0 unspecified atom stereocenters. The third-order valence-electron chi connectivity index (χ3n) is 4.97. The van der Waals surface area contributed by atoms with Crippen molar-refractivity contribution in [3.8, 4) is 11.5 Å². The van der Waals surface area contributed by atoms with Crippen molar-refractivity contribution >= 4 is 0 Å². The lowest BCUT2D eigenvalue weighted by Crippen LogP contribution is -2.45. The molecule has 2 fully saturated rings. The van der Waals surface area contributed by atoms with Gasteiger partial charge in [-0.25, -0.2) is 0 Å². The Kier molecular flexibility index (Phi) is 5.10. The number of nitrogens with one attached hydrogen (secondary N) is 1. The number of aliphatic hydroxyl groups excluding tert-OH is 1. The third-order valence-corrected chi connectivity index (χ3v) is 4.97. The molecule has 2 aromatic rings. The first kappa shape index (κ1) is 16.7. The standard InChI is InChI=1S/C19H25N3O3/c23-17-7-6-15(24-19(17)12-20-11-13-4-5-13)9-14-10-18(25-22-14)16-3-1-2-8-21-16/h1-3,8,10,13,15,17,19-20,23H,4-7,9,11-12H2/t15-,17-,19+/m0/s1. The minimum absolute atomic E-state index is 0.0674. The summed E-state index contributed by atoms with van der Waals surface area (Å²) in [5.41, 5.74) is 1.65. The summed E-state index contributed by atoms with van der Waals surface area (Å²) in [6.45, 7) is 1.75. The summed E-state index contributed by atoms with van der Waals surface area (Å²) < 4.78 is 11.5. The minimum atomic E-state index is -0.385. The Hall–Kier alpha value is -1.76. The Morgan fingerprint density at radius 3 is 2.88 bits per heavy atom. The van der Waals surface area contributed by atoms with E-state index in [9.17, 15) is 5.11 Å². The molecule has 2 N–H and O–H groups in total. The van der Waals surface area contributed by atoms with Crippen molar-refractivity contribution in [3.05, 3.63) is 36.2 Å². The van der Waals surface area contributed by atoms with Crippen molar-refractivity contribution < 1.29 is 14.4 Å². The highest BCUT2D eigenvalue weighted by Crippen LogP contribution is 2.28. The van der Waals surface area contributed by atoms with Gasteiger partial charge in [0.15, 0.2) is 5.76 Å². The number of hydrogen-bond donors (Lipinski definition) is 2. The lowest BCUT2D eigenvalue weighted by Gasteiger charge is -2.34. The summed E-state index contributed by atoms with van der Waals surface area (Å²) in [6, 6.07) is 7.63. The van der Waals surface area contributed by atoms with Gasteiger partial charge < -0.3 is 19.7 Å². The fourth-order valence-electron chi connectivity index (χ4n) is 3.30. The highest BCUT2D eigenvalue weighted by molar-refractivity contribution is 5.51. The predicted octanol–water partition coefficient (Wildman–Crippen LogP) is 2.19. The van der Waals surface area contributed by atoms with Gasteiger partial charge in [0.1, 0.15) is 5.69 Å². The van der Waals surface area contributed by atoms with Crippen molar-refractivity contribution in [1.82, 2.24) is 15.5 Å². The van der Waals surface area contributed by atoms with Crippen molar-refractivity contribution in [2.45, 2.75) is 50.4 Å². The van der Waals surface area contributed by atoms with Gasteiger partial charge in [0.25, 0.3) is 0 Å². The maximum Gasteiger partial charge on any atom is 0.185 e. The first-order valence-corrected chi connectivity index (χ1v) is 9.19. The predicted molar refractivity (Wildman–Crippen MR) is 92.9 cm³/mol. The lowest BCUT2D eigenvalue weighted by molar-refractivity contribution is -0.114. The molecule has 0 bridgehead atoms. The molecule has 1 saturated heterocycles. The number of aromatic nitrogens is 2. The van der Waals surface area contributed by atoms with Crippen LogP contribution in [0.2, 0.25) is 0 Å². The van der Waals surface area contributed by atoms with E-state index in [-0.39, 0.29) is 18.3 Å². The van der Waals surface area contributed by atoms with Gasteiger partial charge in [0.2, 0.25) is 0 Å². The maximum atomic E-state index is 10.2. The van der Waals surface area contributed by atoms with Crippen LogP contribution in [-0.4, -0.2) is 46.6 Å². The van der Waals surface area contributed by atoms with E-state index >= 15 is 0 Å². The van der Waals surface area contributed by atoms with Crippen molar-refractivity contribution in [2.75, 3.05) is 13.1 Å². The Labute approximate surface area is 147 Å². The van der Waals surface area contributed by atoms with Gasteiger partial charge in [0, 0.05) is 25.2 Å². The number of rotatable bonds is 7. The van der Waals surface area contributed by atoms with E-state index in [1.807, 2.05) is 24.3 Å². The summed E-state index contributed by atoms with van der Waals surface area (Å²) >= 11 is 0. The van der Waals surface area contributed by atoms with Crippen LogP contribution >= 0.6 is 0 Å². The Balaban J connectivity index is 1.31. The van der Waals surface area contributed by atoms with Gasteiger partial charge in [-0.15, -0.1) is 0 Å². The van der Waals surface area contributed by atoms with Crippen molar-refractivity contribution in [3.63, 3.8) is 0 Å². The van der Waals surface area contributed by atoms with Gasteiger partial charge in [-0.2, -0.15) is 0 Å². The molecule has 25 heavy (non-hydrogen) atoms. The van der Waals surface area contributed by atoms with Crippen molar-refractivity contribution in [2.24, 2.45) is 5.92 Å². The maximum absolute atomic E-state index is 10.2. The summed E-state index contributed by atoms with van der Waals surface area (Å²) in [5.74, 6) is 1.51. The van der Waals surface area contributed by atoms with E-state index in [0.29, 0.717) is 18.7 Å². The molecule has 1 aliphatic carbocycles. The van der Waals surface area contributed by atoms with Gasteiger partial charge in [-0.1, -0.05) is 11.2 Å². The van der Waals surface area contributed by atoms with Crippen LogP contribution in [0.25, 0.3) is 11.5 Å². The summed E-state index contributed by atoms with van der Waals surface area (Å²) in [7, 11) is 0. The molecule has 1 aliphatic heterocycles. The molecule has 4 rings (SSSR count). The summed E-state index contributed by atoms with van der Waals surface area (Å²) in [4.78, 5) is 4.28. The smallest absolute Gasteiger partial charge is 0.185 e.